The number of nitrogens with zero attached hydrogens (tertiary/aromatic N) is 2. The van der Waals surface area contributed by atoms with E-state index in [0.717, 1.165) is 30.9 Å². The molecular weight excluding hydrogens is 270 g/mol. The van der Waals surface area contributed by atoms with Crippen LogP contribution in [0.1, 0.15) is 56.0 Å². The van der Waals surface area contributed by atoms with Crippen molar-refractivity contribution in [2.45, 2.75) is 47.1 Å². The van der Waals surface area contributed by atoms with Crippen molar-refractivity contribution in [3.05, 3.63) is 16.1 Å². The molecule has 114 valence electrons. The fourth-order valence-electron chi connectivity index (χ4n) is 1.81. The molecule has 0 fully saturated rings. The summed E-state index contributed by atoms with van der Waals surface area (Å²) in [5.74, 6) is 1.24. The molecule has 0 aliphatic carbocycles. The lowest BCUT2D eigenvalue weighted by molar-refractivity contribution is 0.0735. The van der Waals surface area contributed by atoms with E-state index in [4.69, 9.17) is 5.73 Å². The summed E-state index contributed by atoms with van der Waals surface area (Å²) >= 11 is 1.46. The normalized spacial score (nSPS) is 11.3. The molecule has 1 heterocycles. The van der Waals surface area contributed by atoms with Crippen LogP contribution < -0.4 is 5.73 Å². The maximum atomic E-state index is 12.5. The van der Waals surface area contributed by atoms with E-state index in [9.17, 15) is 4.79 Å². The quantitative estimate of drug-likeness (QED) is 0.802. The van der Waals surface area contributed by atoms with Crippen molar-refractivity contribution in [3.63, 3.8) is 0 Å². The summed E-state index contributed by atoms with van der Waals surface area (Å²) in [4.78, 5) is 18.8. The lowest BCUT2D eigenvalue weighted by atomic mass is 10.1. The third kappa shape index (κ3) is 5.59. The Labute approximate surface area is 126 Å². The van der Waals surface area contributed by atoms with E-state index >= 15 is 0 Å². The smallest absolute Gasteiger partial charge is 0.273 e. The van der Waals surface area contributed by atoms with E-state index in [0.29, 0.717) is 24.1 Å². The highest BCUT2D eigenvalue weighted by molar-refractivity contribution is 7.09. The van der Waals surface area contributed by atoms with Crippen LogP contribution in [0.5, 0.6) is 0 Å². The Balaban J connectivity index is 2.71. The third-order valence-electron chi connectivity index (χ3n) is 3.19. The highest BCUT2D eigenvalue weighted by Crippen LogP contribution is 2.14. The van der Waals surface area contributed by atoms with E-state index in [2.05, 4.69) is 32.7 Å². The zero-order valence-corrected chi connectivity index (χ0v) is 13.9. The molecule has 4 nitrogen and oxygen atoms in total. The number of amides is 1. The topological polar surface area (TPSA) is 59.2 Å². The Morgan fingerprint density at radius 2 is 1.80 bits per heavy atom. The minimum Gasteiger partial charge on any atom is -0.337 e. The van der Waals surface area contributed by atoms with E-state index in [-0.39, 0.29) is 5.91 Å². The Morgan fingerprint density at radius 1 is 1.25 bits per heavy atom. The van der Waals surface area contributed by atoms with Crippen LogP contribution in [0.25, 0.3) is 0 Å². The summed E-state index contributed by atoms with van der Waals surface area (Å²) in [5.41, 5.74) is 6.10. The summed E-state index contributed by atoms with van der Waals surface area (Å²) in [7, 11) is 0. The first-order valence-corrected chi connectivity index (χ1v) is 8.25. The van der Waals surface area contributed by atoms with Gasteiger partial charge in [0.15, 0.2) is 0 Å². The lowest BCUT2D eigenvalue weighted by Crippen LogP contribution is -2.34. The molecule has 0 unspecified atom stereocenters. The van der Waals surface area contributed by atoms with Crippen LogP contribution in [-0.4, -0.2) is 28.9 Å². The first kappa shape index (κ1) is 17.1. The Hall–Kier alpha value is -0.940. The number of thiazole rings is 1. The van der Waals surface area contributed by atoms with Gasteiger partial charge in [-0.2, -0.15) is 0 Å². The molecule has 20 heavy (non-hydrogen) atoms. The van der Waals surface area contributed by atoms with Crippen molar-refractivity contribution < 1.29 is 4.79 Å². The first-order valence-electron chi connectivity index (χ1n) is 7.37. The molecule has 0 saturated carbocycles. The Bertz CT molecular complexity index is 403. The zero-order valence-electron chi connectivity index (χ0n) is 13.1. The van der Waals surface area contributed by atoms with Crippen molar-refractivity contribution in [2.24, 2.45) is 17.6 Å². The number of carbonyl (C=O) groups is 1. The van der Waals surface area contributed by atoms with Crippen LogP contribution in [0, 0.1) is 11.8 Å². The lowest BCUT2D eigenvalue weighted by Gasteiger charge is -2.23. The summed E-state index contributed by atoms with van der Waals surface area (Å²) < 4.78 is 0. The van der Waals surface area contributed by atoms with Crippen molar-refractivity contribution in [3.8, 4) is 0 Å². The van der Waals surface area contributed by atoms with Gasteiger partial charge in [-0.1, -0.05) is 27.7 Å². The molecule has 5 heteroatoms. The second kappa shape index (κ2) is 8.37. The minimum atomic E-state index is 0.0438. The second-order valence-electron chi connectivity index (χ2n) is 5.99. The van der Waals surface area contributed by atoms with Gasteiger partial charge in [-0.25, -0.2) is 4.98 Å². The molecule has 0 bridgehead atoms. The summed E-state index contributed by atoms with van der Waals surface area (Å²) in [5, 5.41) is 2.64. The van der Waals surface area contributed by atoms with Gasteiger partial charge in [0, 0.05) is 25.0 Å². The fraction of sp³-hybridized carbons (Fsp3) is 0.733. The summed E-state index contributed by atoms with van der Waals surface area (Å²) in [6.07, 6.45) is 2.05. The average molecular weight is 297 g/mol. The maximum Gasteiger partial charge on any atom is 0.273 e. The van der Waals surface area contributed by atoms with E-state index in [1.165, 1.54) is 11.3 Å². The number of rotatable bonds is 8. The molecule has 0 spiro atoms. The highest BCUT2D eigenvalue weighted by Gasteiger charge is 2.19. The molecule has 2 N–H and O–H groups in total. The van der Waals surface area contributed by atoms with Crippen molar-refractivity contribution in [1.29, 1.82) is 0 Å². The average Bonchev–Trinajstić information content (AvgIpc) is 2.86. The van der Waals surface area contributed by atoms with Gasteiger partial charge >= 0.3 is 0 Å². The van der Waals surface area contributed by atoms with Crippen molar-refractivity contribution >= 4 is 17.2 Å². The summed E-state index contributed by atoms with van der Waals surface area (Å²) in [6.45, 7) is 10.7. The largest absolute Gasteiger partial charge is 0.337 e. The predicted molar refractivity (Wildman–Crippen MR) is 84.8 cm³/mol. The van der Waals surface area contributed by atoms with Gasteiger partial charge in [0.1, 0.15) is 10.7 Å². The van der Waals surface area contributed by atoms with Crippen LogP contribution in [0.2, 0.25) is 0 Å². The SMILES string of the molecule is CC(C)CCN(CCC(C)C)C(=O)c1csc(CN)n1. The standard InChI is InChI=1S/C15H27N3OS/c1-11(2)5-7-18(8-6-12(3)4)15(19)13-10-20-14(9-16)17-13/h10-12H,5-9,16H2,1-4H3. The Morgan fingerprint density at radius 3 is 2.20 bits per heavy atom. The van der Waals surface area contributed by atoms with Gasteiger partial charge in [-0.05, 0) is 24.7 Å². The van der Waals surface area contributed by atoms with Crippen LogP contribution in [-0.2, 0) is 6.54 Å². The molecule has 1 aromatic rings. The first-order chi connectivity index (χ1) is 9.43. The number of hydrogen-bond acceptors (Lipinski definition) is 4. The summed E-state index contributed by atoms with van der Waals surface area (Å²) in [6, 6.07) is 0. The third-order valence-corrected chi connectivity index (χ3v) is 4.06. The van der Waals surface area contributed by atoms with Crippen molar-refractivity contribution in [2.75, 3.05) is 13.1 Å². The van der Waals surface area contributed by atoms with Crippen LogP contribution in [0.3, 0.4) is 0 Å². The molecule has 1 amide bonds. The maximum absolute atomic E-state index is 12.5. The fourth-order valence-corrected chi connectivity index (χ4v) is 2.46. The second-order valence-corrected chi connectivity index (χ2v) is 6.93. The Kier molecular flexibility index (Phi) is 7.16. The van der Waals surface area contributed by atoms with Crippen LogP contribution >= 0.6 is 11.3 Å². The van der Waals surface area contributed by atoms with E-state index in [1.807, 2.05) is 10.3 Å². The van der Waals surface area contributed by atoms with Gasteiger partial charge in [-0.15, -0.1) is 11.3 Å². The van der Waals surface area contributed by atoms with Gasteiger partial charge in [-0.3, -0.25) is 4.79 Å². The van der Waals surface area contributed by atoms with E-state index < -0.39 is 0 Å². The molecule has 0 atom stereocenters. The minimum absolute atomic E-state index is 0.0438. The monoisotopic (exact) mass is 297 g/mol. The molecule has 0 saturated heterocycles. The molecular formula is C15H27N3OS. The van der Waals surface area contributed by atoms with Gasteiger partial charge in [0.2, 0.25) is 0 Å². The van der Waals surface area contributed by atoms with Crippen LogP contribution in [0.4, 0.5) is 0 Å². The van der Waals surface area contributed by atoms with Gasteiger partial charge < -0.3 is 10.6 Å². The van der Waals surface area contributed by atoms with E-state index in [1.54, 1.807) is 0 Å². The van der Waals surface area contributed by atoms with Crippen molar-refractivity contribution in [1.82, 2.24) is 9.88 Å². The number of nitrogens with two attached hydrogens (primary N) is 1. The number of aromatic nitrogens is 1. The number of carbonyl (C=O) groups excluding carboxylic acids is 1. The zero-order chi connectivity index (χ0) is 15.1. The molecule has 0 aromatic carbocycles. The molecule has 0 aliphatic rings. The molecule has 0 aliphatic heterocycles. The van der Waals surface area contributed by atoms with Crippen LogP contribution in [0.15, 0.2) is 5.38 Å². The predicted octanol–water partition coefficient (Wildman–Crippen LogP) is 3.14. The van der Waals surface area contributed by atoms with Gasteiger partial charge in [0.05, 0.1) is 0 Å². The molecule has 1 rings (SSSR count). The number of hydrogen-bond donors (Lipinski definition) is 1. The molecule has 0 radical (unpaired) electrons. The molecule has 1 aromatic heterocycles. The highest BCUT2D eigenvalue weighted by atomic mass is 32.1. The van der Waals surface area contributed by atoms with Gasteiger partial charge in [0.25, 0.3) is 5.91 Å².